The molecule has 0 aromatic carbocycles. The second kappa shape index (κ2) is 4.66. The van der Waals surface area contributed by atoms with E-state index >= 15 is 0 Å². The summed E-state index contributed by atoms with van der Waals surface area (Å²) < 4.78 is 5.59. The molecule has 94 valence electrons. The molecule has 0 saturated carbocycles. The summed E-state index contributed by atoms with van der Waals surface area (Å²) in [7, 11) is 0. The predicted octanol–water partition coefficient (Wildman–Crippen LogP) is -0.629. The quantitative estimate of drug-likeness (QED) is 0.753. The molecule has 1 aliphatic rings. The van der Waals surface area contributed by atoms with Crippen molar-refractivity contribution in [1.82, 2.24) is 20.2 Å². The fourth-order valence-corrected chi connectivity index (χ4v) is 1.89. The first kappa shape index (κ1) is 11.8. The molecule has 2 atom stereocenters. The Kier molecular flexibility index (Phi) is 3.23. The van der Waals surface area contributed by atoms with Gasteiger partial charge in [0.2, 0.25) is 0 Å². The lowest BCUT2D eigenvalue weighted by molar-refractivity contribution is -0.138. The van der Waals surface area contributed by atoms with Crippen LogP contribution in [0.2, 0.25) is 0 Å². The van der Waals surface area contributed by atoms with Gasteiger partial charge in [-0.3, -0.25) is 4.79 Å². The van der Waals surface area contributed by atoms with Gasteiger partial charge in [0.05, 0.1) is 12.2 Å². The molecule has 1 fully saturated rings. The summed E-state index contributed by atoms with van der Waals surface area (Å²) in [6.45, 7) is 5.04. The number of aliphatic carboxylic acids is 1. The Morgan fingerprint density at radius 2 is 2.12 bits per heavy atom. The topological polar surface area (TPSA) is 93.4 Å². The zero-order chi connectivity index (χ0) is 12.4. The first-order chi connectivity index (χ1) is 8.04. The third-order valence-electron chi connectivity index (χ3n) is 2.42. The fraction of sp³-hybridized carbons (Fsp3) is 0.778. The largest absolute Gasteiger partial charge is 0.480 e. The molecule has 1 N–H and O–H groups in total. The van der Waals surface area contributed by atoms with Crippen molar-refractivity contribution in [2.24, 2.45) is 0 Å². The minimum atomic E-state index is -0.988. The molecular formula is C9H15N5O3. The molecule has 1 aromatic rings. The van der Waals surface area contributed by atoms with E-state index in [-0.39, 0.29) is 18.8 Å². The number of anilines is 1. The van der Waals surface area contributed by atoms with Gasteiger partial charge in [-0.05, 0) is 19.1 Å². The highest BCUT2D eigenvalue weighted by atomic mass is 16.5. The van der Waals surface area contributed by atoms with E-state index in [4.69, 9.17) is 9.84 Å². The first-order valence-electron chi connectivity index (χ1n) is 5.44. The molecule has 0 amide bonds. The van der Waals surface area contributed by atoms with Crippen LogP contribution < -0.4 is 4.90 Å². The summed E-state index contributed by atoms with van der Waals surface area (Å²) in [4.78, 5) is 13.5. The van der Waals surface area contributed by atoms with Gasteiger partial charge in [0.25, 0.3) is 5.95 Å². The van der Waals surface area contributed by atoms with Crippen LogP contribution in [0.4, 0.5) is 5.95 Å². The van der Waals surface area contributed by atoms with E-state index < -0.39 is 5.97 Å². The molecule has 0 bridgehead atoms. The van der Waals surface area contributed by atoms with E-state index in [1.165, 1.54) is 0 Å². The molecule has 2 rings (SSSR count). The number of carboxylic acids is 1. The summed E-state index contributed by atoms with van der Waals surface area (Å²) in [5, 5.41) is 20.2. The van der Waals surface area contributed by atoms with Crippen LogP contribution in [0.25, 0.3) is 0 Å². The Morgan fingerprint density at radius 3 is 2.71 bits per heavy atom. The lowest BCUT2D eigenvalue weighted by Gasteiger charge is -2.34. The summed E-state index contributed by atoms with van der Waals surface area (Å²) in [5.41, 5.74) is 0. The van der Waals surface area contributed by atoms with Crippen LogP contribution in [-0.2, 0) is 16.1 Å². The van der Waals surface area contributed by atoms with Crippen LogP contribution in [0, 0.1) is 0 Å². The van der Waals surface area contributed by atoms with Crippen molar-refractivity contribution in [3.63, 3.8) is 0 Å². The molecule has 2 unspecified atom stereocenters. The van der Waals surface area contributed by atoms with E-state index in [0.717, 1.165) is 4.80 Å². The van der Waals surface area contributed by atoms with Gasteiger partial charge in [-0.25, -0.2) is 0 Å². The SMILES string of the molecule is CC1CN(c2nnn(CC(=O)O)n2)CC(C)O1. The van der Waals surface area contributed by atoms with Crippen LogP contribution >= 0.6 is 0 Å². The van der Waals surface area contributed by atoms with Crippen LogP contribution in [0.3, 0.4) is 0 Å². The number of morpholine rings is 1. The summed E-state index contributed by atoms with van der Waals surface area (Å²) >= 11 is 0. The molecule has 8 nitrogen and oxygen atoms in total. The average Bonchev–Trinajstić information content (AvgIpc) is 2.63. The van der Waals surface area contributed by atoms with E-state index in [2.05, 4.69) is 15.4 Å². The van der Waals surface area contributed by atoms with Gasteiger partial charge in [-0.15, -0.1) is 5.10 Å². The number of carboxylic acid groups (broad SMARTS) is 1. The predicted molar refractivity (Wildman–Crippen MR) is 57.7 cm³/mol. The Bertz CT molecular complexity index is 397. The summed E-state index contributed by atoms with van der Waals surface area (Å²) in [6.07, 6.45) is 0.204. The van der Waals surface area contributed by atoms with Crippen molar-refractivity contribution in [1.29, 1.82) is 0 Å². The van der Waals surface area contributed by atoms with E-state index in [1.54, 1.807) is 0 Å². The normalized spacial score (nSPS) is 24.9. The molecule has 1 aliphatic heterocycles. The molecule has 1 aromatic heterocycles. The van der Waals surface area contributed by atoms with Crippen LogP contribution in [-0.4, -0.2) is 56.6 Å². The van der Waals surface area contributed by atoms with Crippen molar-refractivity contribution >= 4 is 11.9 Å². The maximum Gasteiger partial charge on any atom is 0.327 e. The highest BCUT2D eigenvalue weighted by Gasteiger charge is 2.25. The number of hydrogen-bond acceptors (Lipinski definition) is 6. The molecule has 0 spiro atoms. The molecule has 2 heterocycles. The molecule has 8 heteroatoms. The number of tetrazole rings is 1. The van der Waals surface area contributed by atoms with E-state index in [1.807, 2.05) is 18.7 Å². The van der Waals surface area contributed by atoms with Gasteiger partial charge in [-0.1, -0.05) is 5.10 Å². The van der Waals surface area contributed by atoms with Gasteiger partial charge < -0.3 is 14.7 Å². The summed E-state index contributed by atoms with van der Waals surface area (Å²) in [6, 6.07) is 0. The Labute approximate surface area is 98.2 Å². The Morgan fingerprint density at radius 1 is 1.47 bits per heavy atom. The second-order valence-corrected chi connectivity index (χ2v) is 4.18. The van der Waals surface area contributed by atoms with Crippen LogP contribution in [0.1, 0.15) is 13.8 Å². The number of ether oxygens (including phenoxy) is 1. The zero-order valence-corrected chi connectivity index (χ0v) is 9.78. The first-order valence-corrected chi connectivity index (χ1v) is 5.44. The minimum absolute atomic E-state index is 0.102. The van der Waals surface area contributed by atoms with E-state index in [0.29, 0.717) is 19.0 Å². The van der Waals surface area contributed by atoms with Gasteiger partial charge in [0, 0.05) is 13.1 Å². The van der Waals surface area contributed by atoms with Crippen molar-refractivity contribution in [3.05, 3.63) is 0 Å². The maximum absolute atomic E-state index is 10.5. The third-order valence-corrected chi connectivity index (χ3v) is 2.42. The maximum atomic E-state index is 10.5. The van der Waals surface area contributed by atoms with Gasteiger partial charge in [0.15, 0.2) is 6.54 Å². The Hall–Kier alpha value is -1.70. The zero-order valence-electron chi connectivity index (χ0n) is 9.78. The van der Waals surface area contributed by atoms with Crippen molar-refractivity contribution < 1.29 is 14.6 Å². The van der Waals surface area contributed by atoms with Gasteiger partial charge in [0.1, 0.15) is 0 Å². The summed E-state index contributed by atoms with van der Waals surface area (Å²) in [5.74, 6) is -0.536. The highest BCUT2D eigenvalue weighted by molar-refractivity contribution is 5.66. The lowest BCUT2D eigenvalue weighted by atomic mass is 10.2. The van der Waals surface area contributed by atoms with Crippen molar-refractivity contribution in [2.75, 3.05) is 18.0 Å². The number of carbonyl (C=O) groups is 1. The van der Waals surface area contributed by atoms with Crippen molar-refractivity contribution in [2.45, 2.75) is 32.6 Å². The fourth-order valence-electron chi connectivity index (χ4n) is 1.89. The lowest BCUT2D eigenvalue weighted by Crippen LogP contribution is -2.46. The number of aromatic nitrogens is 4. The monoisotopic (exact) mass is 241 g/mol. The van der Waals surface area contributed by atoms with Crippen LogP contribution in [0.15, 0.2) is 0 Å². The standard InChI is InChI=1S/C9H15N5O3/c1-6-3-13(4-7(2)17-6)9-10-12-14(11-9)5-8(15)16/h6-7H,3-5H2,1-2H3,(H,15,16). The van der Waals surface area contributed by atoms with Crippen LogP contribution in [0.5, 0.6) is 0 Å². The van der Waals surface area contributed by atoms with Gasteiger partial charge >= 0.3 is 5.97 Å². The molecule has 0 radical (unpaired) electrons. The number of rotatable bonds is 3. The number of hydrogen-bond donors (Lipinski definition) is 1. The molecule has 17 heavy (non-hydrogen) atoms. The molecule has 0 aliphatic carbocycles. The smallest absolute Gasteiger partial charge is 0.327 e. The number of nitrogens with zero attached hydrogens (tertiary/aromatic N) is 5. The Balaban J connectivity index is 2.06. The molecular weight excluding hydrogens is 226 g/mol. The third kappa shape index (κ3) is 2.90. The van der Waals surface area contributed by atoms with E-state index in [9.17, 15) is 4.79 Å². The highest BCUT2D eigenvalue weighted by Crippen LogP contribution is 2.15. The molecule has 1 saturated heterocycles. The minimum Gasteiger partial charge on any atom is -0.480 e. The second-order valence-electron chi connectivity index (χ2n) is 4.18. The van der Waals surface area contributed by atoms with Crippen molar-refractivity contribution in [3.8, 4) is 0 Å². The van der Waals surface area contributed by atoms with Gasteiger partial charge in [-0.2, -0.15) is 4.80 Å². The average molecular weight is 241 g/mol.